The number of methoxy groups -OCH3 is 1. The Morgan fingerprint density at radius 3 is 2.42 bits per heavy atom. The molecule has 26 heavy (non-hydrogen) atoms. The van der Waals surface area contributed by atoms with Gasteiger partial charge in [-0.2, -0.15) is 0 Å². The van der Waals surface area contributed by atoms with E-state index in [0.29, 0.717) is 17.0 Å². The van der Waals surface area contributed by atoms with Crippen molar-refractivity contribution in [1.82, 2.24) is 5.32 Å². The lowest BCUT2D eigenvalue weighted by Crippen LogP contribution is -2.21. The Hall–Kier alpha value is -3.62. The average Bonchev–Trinajstić information content (AvgIpc) is 2.66. The van der Waals surface area contributed by atoms with Gasteiger partial charge in [-0.1, -0.05) is 0 Å². The molecule has 136 valence electrons. The fourth-order valence-electron chi connectivity index (χ4n) is 2.08. The van der Waals surface area contributed by atoms with E-state index in [2.05, 4.69) is 10.6 Å². The van der Waals surface area contributed by atoms with E-state index in [0.717, 1.165) is 0 Å². The summed E-state index contributed by atoms with van der Waals surface area (Å²) in [6.07, 6.45) is 0. The van der Waals surface area contributed by atoms with Crippen molar-refractivity contribution in [1.29, 1.82) is 0 Å². The molecule has 2 N–H and O–H groups in total. The first-order valence-electron chi connectivity index (χ1n) is 7.52. The lowest BCUT2D eigenvalue weighted by Gasteiger charge is -2.09. The molecule has 0 unspecified atom stereocenters. The summed E-state index contributed by atoms with van der Waals surface area (Å²) in [4.78, 5) is 33.9. The van der Waals surface area contributed by atoms with Crippen LogP contribution in [0, 0.1) is 10.1 Å². The van der Waals surface area contributed by atoms with E-state index in [1.165, 1.54) is 32.4 Å². The molecule has 0 aliphatic carbocycles. The van der Waals surface area contributed by atoms with E-state index in [9.17, 15) is 19.7 Å². The monoisotopic (exact) mass is 359 g/mol. The fraction of sp³-hybridized carbons (Fsp3) is 0.176. The van der Waals surface area contributed by atoms with Crippen molar-refractivity contribution in [2.75, 3.05) is 26.1 Å². The lowest BCUT2D eigenvalue weighted by molar-refractivity contribution is -0.385. The van der Waals surface area contributed by atoms with E-state index >= 15 is 0 Å². The third-order valence-electron chi connectivity index (χ3n) is 3.38. The van der Waals surface area contributed by atoms with Gasteiger partial charge in [-0.15, -0.1) is 0 Å². The van der Waals surface area contributed by atoms with Crippen molar-refractivity contribution >= 4 is 23.2 Å². The molecule has 2 rings (SSSR count). The Kier molecular flexibility index (Phi) is 6.10. The minimum Gasteiger partial charge on any atom is -0.496 e. The molecule has 0 fully saturated rings. The van der Waals surface area contributed by atoms with Crippen LogP contribution in [-0.4, -0.2) is 37.5 Å². The normalized spacial score (nSPS) is 9.92. The molecule has 0 aliphatic rings. The van der Waals surface area contributed by atoms with Gasteiger partial charge in [0.1, 0.15) is 5.75 Å². The number of nitrogens with one attached hydrogen (secondary N) is 2. The molecule has 9 nitrogen and oxygen atoms in total. The molecule has 2 aromatic carbocycles. The van der Waals surface area contributed by atoms with Crippen molar-refractivity contribution in [3.05, 3.63) is 58.1 Å². The first kappa shape index (κ1) is 18.7. The van der Waals surface area contributed by atoms with E-state index in [1.54, 1.807) is 24.3 Å². The van der Waals surface area contributed by atoms with E-state index in [4.69, 9.17) is 9.47 Å². The van der Waals surface area contributed by atoms with Gasteiger partial charge >= 0.3 is 5.69 Å². The quantitative estimate of drug-likeness (QED) is 0.576. The molecule has 0 radical (unpaired) electrons. The smallest absolute Gasteiger partial charge is 0.314 e. The van der Waals surface area contributed by atoms with Gasteiger partial charge in [-0.3, -0.25) is 19.7 Å². The third-order valence-corrected chi connectivity index (χ3v) is 3.38. The van der Waals surface area contributed by atoms with Crippen molar-refractivity contribution in [2.45, 2.75) is 0 Å². The SMILES string of the molecule is CNC(=O)c1ccc(NC(=O)COc2ccc(OC)cc2[N+](=O)[O-])cc1. The molecule has 9 heteroatoms. The Morgan fingerprint density at radius 2 is 1.85 bits per heavy atom. The Bertz CT molecular complexity index is 820. The first-order valence-corrected chi connectivity index (χ1v) is 7.52. The van der Waals surface area contributed by atoms with Crippen molar-refractivity contribution in [2.24, 2.45) is 0 Å². The molecule has 0 atom stereocenters. The highest BCUT2D eigenvalue weighted by Crippen LogP contribution is 2.30. The number of hydrogen-bond donors (Lipinski definition) is 2. The number of rotatable bonds is 7. The Labute approximate surface area is 149 Å². The van der Waals surface area contributed by atoms with Crippen LogP contribution in [0.2, 0.25) is 0 Å². The molecule has 0 bridgehead atoms. The molecule has 0 heterocycles. The summed E-state index contributed by atoms with van der Waals surface area (Å²) in [6.45, 7) is -0.412. The van der Waals surface area contributed by atoms with E-state index in [-0.39, 0.29) is 17.3 Å². The number of nitro benzene ring substituents is 1. The van der Waals surface area contributed by atoms with Crippen LogP contribution in [0.4, 0.5) is 11.4 Å². The zero-order valence-electron chi connectivity index (χ0n) is 14.1. The zero-order valence-corrected chi connectivity index (χ0v) is 14.1. The number of hydrogen-bond acceptors (Lipinski definition) is 6. The zero-order chi connectivity index (χ0) is 19.1. The number of amides is 2. The maximum Gasteiger partial charge on any atom is 0.314 e. The minimum atomic E-state index is -0.618. The molecule has 2 amide bonds. The van der Waals surface area contributed by atoms with Gasteiger partial charge < -0.3 is 20.1 Å². The molecule has 2 aromatic rings. The number of nitrogens with zero attached hydrogens (tertiary/aromatic N) is 1. The van der Waals surface area contributed by atoms with Gasteiger partial charge in [0.15, 0.2) is 12.4 Å². The highest BCUT2D eigenvalue weighted by atomic mass is 16.6. The van der Waals surface area contributed by atoms with Gasteiger partial charge in [-0.05, 0) is 36.4 Å². The van der Waals surface area contributed by atoms with E-state index in [1.807, 2.05) is 0 Å². The first-order chi connectivity index (χ1) is 12.4. The summed E-state index contributed by atoms with van der Waals surface area (Å²) in [5.41, 5.74) is 0.623. The van der Waals surface area contributed by atoms with Crippen LogP contribution < -0.4 is 20.1 Å². The Morgan fingerprint density at radius 1 is 1.15 bits per heavy atom. The van der Waals surface area contributed by atoms with Crippen LogP contribution in [0.25, 0.3) is 0 Å². The second kappa shape index (κ2) is 8.47. The number of anilines is 1. The maximum absolute atomic E-state index is 12.0. The molecular formula is C17H17N3O6. The van der Waals surface area contributed by atoms with Crippen LogP contribution >= 0.6 is 0 Å². The predicted octanol–water partition coefficient (Wildman–Crippen LogP) is 1.98. The summed E-state index contributed by atoms with van der Waals surface area (Å²) in [6, 6.07) is 10.3. The number of nitro groups is 1. The van der Waals surface area contributed by atoms with Crippen molar-refractivity contribution in [3.63, 3.8) is 0 Å². The lowest BCUT2D eigenvalue weighted by atomic mass is 10.2. The number of carbonyl (C=O) groups is 2. The van der Waals surface area contributed by atoms with E-state index < -0.39 is 17.4 Å². The average molecular weight is 359 g/mol. The number of carbonyl (C=O) groups excluding carboxylic acids is 2. The van der Waals surface area contributed by atoms with Gasteiger partial charge in [0, 0.05) is 18.3 Å². The largest absolute Gasteiger partial charge is 0.496 e. The summed E-state index contributed by atoms with van der Waals surface area (Å²) in [5.74, 6) is -0.466. The third kappa shape index (κ3) is 4.69. The Balaban J connectivity index is 1.99. The van der Waals surface area contributed by atoms with Crippen LogP contribution in [0.1, 0.15) is 10.4 Å². The molecule has 0 saturated heterocycles. The molecule has 0 aliphatic heterocycles. The van der Waals surface area contributed by atoms with Crippen LogP contribution in [-0.2, 0) is 4.79 Å². The molecular weight excluding hydrogens is 342 g/mol. The molecule has 0 spiro atoms. The predicted molar refractivity (Wildman–Crippen MR) is 93.6 cm³/mol. The van der Waals surface area contributed by atoms with Gasteiger partial charge in [0.2, 0.25) is 0 Å². The van der Waals surface area contributed by atoms with Gasteiger partial charge in [-0.25, -0.2) is 0 Å². The van der Waals surface area contributed by atoms with Gasteiger partial charge in [0.05, 0.1) is 18.1 Å². The summed E-state index contributed by atoms with van der Waals surface area (Å²) < 4.78 is 10.2. The highest BCUT2D eigenvalue weighted by Gasteiger charge is 2.17. The summed E-state index contributed by atoms with van der Waals surface area (Å²) in [7, 11) is 2.91. The number of benzene rings is 2. The number of ether oxygens (including phenoxy) is 2. The second-order valence-corrected chi connectivity index (χ2v) is 5.08. The standard InChI is InChI=1S/C17H17N3O6/c1-18-17(22)11-3-5-12(6-4-11)19-16(21)10-26-15-8-7-13(25-2)9-14(15)20(23)24/h3-9H,10H2,1-2H3,(H,18,22)(H,19,21). The van der Waals surface area contributed by atoms with Crippen molar-refractivity contribution < 1.29 is 24.0 Å². The van der Waals surface area contributed by atoms with Crippen LogP contribution in [0.15, 0.2) is 42.5 Å². The van der Waals surface area contributed by atoms with Crippen LogP contribution in [0.5, 0.6) is 11.5 Å². The summed E-state index contributed by atoms with van der Waals surface area (Å²) in [5, 5.41) is 16.1. The fourth-order valence-corrected chi connectivity index (χ4v) is 2.08. The maximum atomic E-state index is 12.0. The van der Waals surface area contributed by atoms with Gasteiger partial charge in [0.25, 0.3) is 11.8 Å². The topological polar surface area (TPSA) is 120 Å². The molecule has 0 aromatic heterocycles. The minimum absolute atomic E-state index is 0.0408. The molecule has 0 saturated carbocycles. The van der Waals surface area contributed by atoms with Crippen molar-refractivity contribution in [3.8, 4) is 11.5 Å². The van der Waals surface area contributed by atoms with Crippen LogP contribution in [0.3, 0.4) is 0 Å². The second-order valence-electron chi connectivity index (χ2n) is 5.08. The highest BCUT2D eigenvalue weighted by molar-refractivity contribution is 5.95. The summed E-state index contributed by atoms with van der Waals surface area (Å²) >= 11 is 0.